The van der Waals surface area contributed by atoms with Gasteiger partial charge in [0.1, 0.15) is 0 Å². The van der Waals surface area contributed by atoms with Gasteiger partial charge < -0.3 is 10.6 Å². The molecule has 25 heavy (non-hydrogen) atoms. The summed E-state index contributed by atoms with van der Waals surface area (Å²) in [5.41, 5.74) is 1.20. The molecule has 0 aliphatic heterocycles. The monoisotopic (exact) mass is 370 g/mol. The van der Waals surface area contributed by atoms with Crippen molar-refractivity contribution in [1.29, 1.82) is 0 Å². The fourth-order valence-corrected chi connectivity index (χ4v) is 3.17. The molecule has 3 aromatic rings. The largest absolute Gasteiger partial charge is 0.347 e. The molecule has 126 valence electrons. The molecule has 4 nitrogen and oxygen atoms in total. The maximum absolute atomic E-state index is 12.5. The van der Waals surface area contributed by atoms with Crippen LogP contribution in [0, 0.1) is 0 Å². The van der Waals surface area contributed by atoms with Crippen LogP contribution < -0.4 is 10.6 Å². The van der Waals surface area contributed by atoms with Crippen molar-refractivity contribution in [2.75, 3.05) is 5.32 Å². The summed E-state index contributed by atoms with van der Waals surface area (Å²) in [5.74, 6) is -0.604. The molecular formula is C19H15ClN2O2S. The molecule has 0 spiro atoms. The highest BCUT2D eigenvalue weighted by molar-refractivity contribution is 7.09. The standard InChI is InChI=1S/C19H15ClN2O2S/c20-16-9-3-1-7-14(16)19(24)22-17-10-4-2-8-15(17)18(23)21-12-13-6-5-11-25-13/h1-11H,12H2,(H,21,23)(H,22,24). The molecule has 0 saturated heterocycles. The van der Waals surface area contributed by atoms with Gasteiger partial charge in [-0.1, -0.05) is 41.9 Å². The molecule has 0 aliphatic carbocycles. The van der Waals surface area contributed by atoms with Crippen LogP contribution in [0.25, 0.3) is 0 Å². The Balaban J connectivity index is 1.75. The van der Waals surface area contributed by atoms with Crippen molar-refractivity contribution in [3.63, 3.8) is 0 Å². The summed E-state index contributed by atoms with van der Waals surface area (Å²) in [6.45, 7) is 0.448. The molecular weight excluding hydrogens is 356 g/mol. The summed E-state index contributed by atoms with van der Waals surface area (Å²) < 4.78 is 0. The van der Waals surface area contributed by atoms with Gasteiger partial charge in [0.2, 0.25) is 0 Å². The van der Waals surface area contributed by atoms with E-state index in [4.69, 9.17) is 11.6 Å². The molecule has 0 saturated carbocycles. The molecule has 0 fully saturated rings. The fraction of sp³-hybridized carbons (Fsp3) is 0.0526. The Bertz CT molecular complexity index is 894. The number of benzene rings is 2. The second-order valence-electron chi connectivity index (χ2n) is 5.24. The molecule has 6 heteroatoms. The Morgan fingerprint density at radius 1 is 0.880 bits per heavy atom. The van der Waals surface area contributed by atoms with Crippen molar-refractivity contribution in [2.45, 2.75) is 6.54 Å². The number of hydrogen-bond donors (Lipinski definition) is 2. The van der Waals surface area contributed by atoms with E-state index in [0.717, 1.165) is 4.88 Å². The van der Waals surface area contributed by atoms with E-state index < -0.39 is 0 Å². The van der Waals surface area contributed by atoms with Gasteiger partial charge in [-0.15, -0.1) is 11.3 Å². The third kappa shape index (κ3) is 4.26. The number of rotatable bonds is 5. The second kappa shape index (κ2) is 7.96. The highest BCUT2D eigenvalue weighted by Gasteiger charge is 2.15. The van der Waals surface area contributed by atoms with Crippen molar-refractivity contribution in [3.8, 4) is 0 Å². The number of nitrogens with one attached hydrogen (secondary N) is 2. The zero-order valence-corrected chi connectivity index (χ0v) is 14.7. The third-order valence-corrected chi connectivity index (χ3v) is 4.75. The van der Waals surface area contributed by atoms with Gasteiger partial charge in [-0.2, -0.15) is 0 Å². The van der Waals surface area contributed by atoms with E-state index in [9.17, 15) is 9.59 Å². The van der Waals surface area contributed by atoms with Gasteiger partial charge in [0.15, 0.2) is 0 Å². The Morgan fingerprint density at radius 3 is 2.32 bits per heavy atom. The first-order valence-electron chi connectivity index (χ1n) is 7.60. The predicted molar refractivity (Wildman–Crippen MR) is 101 cm³/mol. The van der Waals surface area contributed by atoms with Gasteiger partial charge in [-0.25, -0.2) is 0 Å². The number of hydrogen-bond acceptors (Lipinski definition) is 3. The first-order valence-corrected chi connectivity index (χ1v) is 8.86. The molecule has 0 unspecified atom stereocenters. The van der Waals surface area contributed by atoms with Gasteiger partial charge in [-0.05, 0) is 35.7 Å². The third-order valence-electron chi connectivity index (χ3n) is 3.54. The van der Waals surface area contributed by atoms with Crippen molar-refractivity contribution in [2.24, 2.45) is 0 Å². The Labute approximate surface area is 154 Å². The van der Waals surface area contributed by atoms with Crippen LogP contribution >= 0.6 is 22.9 Å². The van der Waals surface area contributed by atoms with E-state index in [1.165, 1.54) is 0 Å². The zero-order chi connectivity index (χ0) is 17.6. The summed E-state index contributed by atoms with van der Waals surface area (Å²) in [5, 5.41) is 7.94. The highest BCUT2D eigenvalue weighted by Crippen LogP contribution is 2.20. The van der Waals surface area contributed by atoms with Crippen molar-refractivity contribution < 1.29 is 9.59 Å². The minimum Gasteiger partial charge on any atom is -0.347 e. The van der Waals surface area contributed by atoms with E-state index in [0.29, 0.717) is 28.4 Å². The molecule has 0 aliphatic rings. The lowest BCUT2D eigenvalue weighted by molar-refractivity contribution is 0.0952. The van der Waals surface area contributed by atoms with E-state index in [-0.39, 0.29) is 11.8 Å². The summed E-state index contributed by atoms with van der Waals surface area (Å²) in [7, 11) is 0. The van der Waals surface area contributed by atoms with Crippen LogP contribution in [-0.4, -0.2) is 11.8 Å². The average Bonchev–Trinajstić information content (AvgIpc) is 3.14. The molecule has 0 bridgehead atoms. The number of para-hydroxylation sites is 1. The topological polar surface area (TPSA) is 58.2 Å². The molecule has 1 aromatic heterocycles. The summed E-state index contributed by atoms with van der Waals surface area (Å²) >= 11 is 7.63. The lowest BCUT2D eigenvalue weighted by Crippen LogP contribution is -2.24. The van der Waals surface area contributed by atoms with E-state index >= 15 is 0 Å². The minimum absolute atomic E-state index is 0.247. The van der Waals surface area contributed by atoms with Gasteiger partial charge in [0, 0.05) is 4.88 Å². The Kier molecular flexibility index (Phi) is 5.48. The zero-order valence-electron chi connectivity index (χ0n) is 13.2. The van der Waals surface area contributed by atoms with Gasteiger partial charge in [0.05, 0.1) is 28.4 Å². The lowest BCUT2D eigenvalue weighted by atomic mass is 10.1. The molecule has 1 heterocycles. The highest BCUT2D eigenvalue weighted by atomic mass is 35.5. The molecule has 0 atom stereocenters. The minimum atomic E-state index is -0.357. The summed E-state index contributed by atoms with van der Waals surface area (Å²) in [4.78, 5) is 26.0. The van der Waals surface area contributed by atoms with Crippen LogP contribution in [0.1, 0.15) is 25.6 Å². The van der Waals surface area contributed by atoms with Crippen LogP contribution in [0.5, 0.6) is 0 Å². The normalized spacial score (nSPS) is 10.3. The van der Waals surface area contributed by atoms with Gasteiger partial charge in [0.25, 0.3) is 11.8 Å². The maximum atomic E-state index is 12.5. The smallest absolute Gasteiger partial charge is 0.257 e. The number of halogens is 1. The second-order valence-corrected chi connectivity index (χ2v) is 6.68. The van der Waals surface area contributed by atoms with Crippen LogP contribution in [0.2, 0.25) is 5.02 Å². The molecule has 3 rings (SSSR count). The van der Waals surface area contributed by atoms with E-state index in [2.05, 4.69) is 10.6 Å². The SMILES string of the molecule is O=C(Nc1ccccc1C(=O)NCc1cccs1)c1ccccc1Cl. The fourth-order valence-electron chi connectivity index (χ4n) is 2.30. The number of amides is 2. The maximum Gasteiger partial charge on any atom is 0.257 e. The number of carbonyl (C=O) groups is 2. The van der Waals surface area contributed by atoms with Crippen LogP contribution in [0.3, 0.4) is 0 Å². The number of anilines is 1. The van der Waals surface area contributed by atoms with Crippen LogP contribution in [-0.2, 0) is 6.54 Å². The van der Waals surface area contributed by atoms with Crippen LogP contribution in [0.15, 0.2) is 66.0 Å². The first-order chi connectivity index (χ1) is 12.1. The Hall–Kier alpha value is -2.63. The predicted octanol–water partition coefficient (Wildman–Crippen LogP) is 4.58. The van der Waals surface area contributed by atoms with E-state index in [1.807, 2.05) is 17.5 Å². The number of carbonyl (C=O) groups excluding carboxylic acids is 2. The first kappa shape index (κ1) is 17.2. The molecule has 0 radical (unpaired) electrons. The van der Waals surface area contributed by atoms with Gasteiger partial charge in [-0.3, -0.25) is 9.59 Å². The van der Waals surface area contributed by atoms with Crippen molar-refractivity contribution in [3.05, 3.63) is 87.1 Å². The van der Waals surface area contributed by atoms with Crippen LogP contribution in [0.4, 0.5) is 5.69 Å². The van der Waals surface area contributed by atoms with E-state index in [1.54, 1.807) is 59.9 Å². The molecule has 2 aromatic carbocycles. The van der Waals surface area contributed by atoms with Crippen molar-refractivity contribution >= 4 is 40.4 Å². The lowest BCUT2D eigenvalue weighted by Gasteiger charge is -2.11. The summed E-state index contributed by atoms with van der Waals surface area (Å²) in [6.07, 6.45) is 0. The quantitative estimate of drug-likeness (QED) is 0.690. The van der Waals surface area contributed by atoms with Gasteiger partial charge >= 0.3 is 0 Å². The molecule has 2 N–H and O–H groups in total. The Morgan fingerprint density at radius 2 is 1.60 bits per heavy atom. The van der Waals surface area contributed by atoms with Crippen molar-refractivity contribution in [1.82, 2.24) is 5.32 Å². The average molecular weight is 371 g/mol. The molecule has 2 amide bonds. The summed E-state index contributed by atoms with van der Waals surface area (Å²) in [6, 6.07) is 17.5. The number of thiophene rings is 1.